The van der Waals surface area contributed by atoms with Crippen molar-refractivity contribution in [2.75, 3.05) is 0 Å². The molecule has 0 aliphatic rings. The molecule has 0 aliphatic carbocycles. The molecule has 3 nitrogen and oxygen atoms in total. The maximum absolute atomic E-state index is 13.6. The zero-order valence-corrected chi connectivity index (χ0v) is 10.0. The minimum Gasteiger partial charge on any atom is -0.550 e. The van der Waals surface area contributed by atoms with Crippen LogP contribution in [0.25, 0.3) is 10.6 Å². The summed E-state index contributed by atoms with van der Waals surface area (Å²) >= 11 is 7.02. The average molecular weight is 271 g/mol. The summed E-state index contributed by atoms with van der Waals surface area (Å²) < 4.78 is 13.6. The van der Waals surface area contributed by atoms with Gasteiger partial charge in [-0.15, -0.1) is 11.3 Å². The molecule has 1 heterocycles. The fourth-order valence-electron chi connectivity index (χ4n) is 1.35. The summed E-state index contributed by atoms with van der Waals surface area (Å²) in [5.41, 5.74) is 0.535. The Hall–Kier alpha value is -1.46. The maximum atomic E-state index is 13.6. The Morgan fingerprint density at radius 3 is 2.94 bits per heavy atom. The van der Waals surface area contributed by atoms with Gasteiger partial charge in [0.25, 0.3) is 0 Å². The number of carboxylic acids is 1. The van der Waals surface area contributed by atoms with Gasteiger partial charge in [-0.2, -0.15) is 0 Å². The van der Waals surface area contributed by atoms with Crippen molar-refractivity contribution in [3.8, 4) is 10.6 Å². The minimum absolute atomic E-state index is 0.198. The number of carbonyl (C=O) groups excluding carboxylic acids is 1. The van der Waals surface area contributed by atoms with Crippen LogP contribution in [0.2, 0.25) is 5.02 Å². The van der Waals surface area contributed by atoms with Crippen LogP contribution >= 0.6 is 22.9 Å². The lowest BCUT2D eigenvalue weighted by molar-refractivity contribution is -0.304. The van der Waals surface area contributed by atoms with Crippen molar-refractivity contribution in [3.05, 3.63) is 40.1 Å². The topological polar surface area (TPSA) is 53.0 Å². The number of aliphatic carboxylic acids is 1. The van der Waals surface area contributed by atoms with Crippen molar-refractivity contribution in [2.45, 2.75) is 6.42 Å². The second kappa shape index (κ2) is 4.81. The van der Waals surface area contributed by atoms with Crippen molar-refractivity contribution < 1.29 is 14.3 Å². The molecule has 0 unspecified atom stereocenters. The van der Waals surface area contributed by atoms with Crippen LogP contribution in [-0.4, -0.2) is 11.0 Å². The molecule has 2 aromatic rings. The van der Waals surface area contributed by atoms with Crippen LogP contribution in [-0.2, 0) is 11.2 Å². The first-order valence-corrected chi connectivity index (χ1v) is 5.92. The van der Waals surface area contributed by atoms with E-state index in [2.05, 4.69) is 4.98 Å². The number of halogens is 2. The van der Waals surface area contributed by atoms with E-state index < -0.39 is 11.8 Å². The van der Waals surface area contributed by atoms with E-state index in [1.165, 1.54) is 12.1 Å². The Balaban J connectivity index is 2.40. The van der Waals surface area contributed by atoms with E-state index in [0.717, 1.165) is 11.3 Å². The van der Waals surface area contributed by atoms with E-state index in [9.17, 15) is 14.3 Å². The number of thiazole rings is 1. The molecule has 0 N–H and O–H groups in total. The molecule has 1 aromatic heterocycles. The monoisotopic (exact) mass is 270 g/mol. The molecule has 6 heteroatoms. The molecule has 2 rings (SSSR count). The normalized spacial score (nSPS) is 10.5. The van der Waals surface area contributed by atoms with Gasteiger partial charge >= 0.3 is 0 Å². The molecular formula is C11H6ClFNO2S-. The summed E-state index contributed by atoms with van der Waals surface area (Å²) in [5.74, 6) is -1.70. The van der Waals surface area contributed by atoms with Crippen molar-refractivity contribution in [1.82, 2.24) is 4.98 Å². The Labute approximate surface area is 106 Å². The number of hydrogen-bond acceptors (Lipinski definition) is 4. The van der Waals surface area contributed by atoms with Gasteiger partial charge < -0.3 is 9.90 Å². The first-order chi connectivity index (χ1) is 8.08. The number of nitrogens with zero attached hydrogens (tertiary/aromatic N) is 1. The van der Waals surface area contributed by atoms with Crippen LogP contribution in [0.3, 0.4) is 0 Å². The van der Waals surface area contributed by atoms with Crippen LogP contribution in [0.5, 0.6) is 0 Å². The standard InChI is InChI=1S/C11H7ClFNO2S/c12-7-2-1-3-8(13)10(7)11-14-6(5-17-11)4-9(15)16/h1-3,5H,4H2,(H,15,16)/p-1. The third-order valence-electron chi connectivity index (χ3n) is 2.05. The molecule has 0 spiro atoms. The molecule has 0 saturated carbocycles. The molecule has 0 fully saturated rings. The first kappa shape index (κ1) is 12.0. The number of rotatable bonds is 3. The highest BCUT2D eigenvalue weighted by atomic mass is 35.5. The molecule has 0 atom stereocenters. The predicted molar refractivity (Wildman–Crippen MR) is 61.2 cm³/mol. The summed E-state index contributed by atoms with van der Waals surface area (Å²) in [4.78, 5) is 14.4. The Kier molecular flexibility index (Phi) is 3.40. The lowest BCUT2D eigenvalue weighted by Crippen LogP contribution is -2.24. The minimum atomic E-state index is -1.22. The van der Waals surface area contributed by atoms with Crippen LogP contribution in [0.15, 0.2) is 23.6 Å². The summed E-state index contributed by atoms with van der Waals surface area (Å²) in [6, 6.07) is 4.33. The average Bonchev–Trinajstić information content (AvgIpc) is 2.65. The van der Waals surface area contributed by atoms with Gasteiger partial charge in [0.05, 0.1) is 16.3 Å². The molecule has 1 aromatic carbocycles. The van der Waals surface area contributed by atoms with Crippen LogP contribution < -0.4 is 5.11 Å². The largest absolute Gasteiger partial charge is 0.550 e. The van der Waals surface area contributed by atoms with Crippen LogP contribution in [0.1, 0.15) is 5.69 Å². The smallest absolute Gasteiger partial charge is 0.134 e. The molecular weight excluding hydrogens is 265 g/mol. The van der Waals surface area contributed by atoms with E-state index in [-0.39, 0.29) is 17.0 Å². The summed E-state index contributed by atoms with van der Waals surface area (Å²) in [6.07, 6.45) is -0.289. The molecule has 88 valence electrons. The van der Waals surface area contributed by atoms with Gasteiger partial charge in [0.1, 0.15) is 10.8 Å². The van der Waals surface area contributed by atoms with Gasteiger partial charge in [-0.25, -0.2) is 9.37 Å². The predicted octanol–water partition coefficient (Wildman–Crippen LogP) is 1.89. The third-order valence-corrected chi connectivity index (χ3v) is 3.28. The lowest BCUT2D eigenvalue weighted by atomic mass is 10.2. The third kappa shape index (κ3) is 2.62. The van der Waals surface area contributed by atoms with Gasteiger partial charge in [-0.3, -0.25) is 0 Å². The molecule has 17 heavy (non-hydrogen) atoms. The van der Waals surface area contributed by atoms with Crippen molar-refractivity contribution in [2.24, 2.45) is 0 Å². The van der Waals surface area contributed by atoms with Crippen molar-refractivity contribution >= 4 is 28.9 Å². The molecule has 0 aliphatic heterocycles. The summed E-state index contributed by atoms with van der Waals surface area (Å²) in [7, 11) is 0. The first-order valence-electron chi connectivity index (χ1n) is 4.66. The molecule has 0 amide bonds. The van der Waals surface area contributed by atoms with E-state index in [1.807, 2.05) is 0 Å². The van der Waals surface area contributed by atoms with E-state index in [0.29, 0.717) is 10.7 Å². The zero-order chi connectivity index (χ0) is 12.4. The number of benzene rings is 1. The zero-order valence-electron chi connectivity index (χ0n) is 8.44. The van der Waals surface area contributed by atoms with Gasteiger partial charge in [0, 0.05) is 17.8 Å². The second-order valence-electron chi connectivity index (χ2n) is 3.29. The SMILES string of the molecule is O=C([O-])Cc1csc(-c2c(F)cccc2Cl)n1. The summed E-state index contributed by atoms with van der Waals surface area (Å²) in [6.45, 7) is 0. The van der Waals surface area contributed by atoms with Crippen molar-refractivity contribution in [3.63, 3.8) is 0 Å². The molecule has 0 saturated heterocycles. The Morgan fingerprint density at radius 2 is 2.29 bits per heavy atom. The lowest BCUT2D eigenvalue weighted by Gasteiger charge is -2.01. The highest BCUT2D eigenvalue weighted by Gasteiger charge is 2.13. The second-order valence-corrected chi connectivity index (χ2v) is 4.55. The number of aromatic nitrogens is 1. The highest BCUT2D eigenvalue weighted by Crippen LogP contribution is 2.32. The fraction of sp³-hybridized carbons (Fsp3) is 0.0909. The van der Waals surface area contributed by atoms with Gasteiger partial charge in [-0.05, 0) is 12.1 Å². The maximum Gasteiger partial charge on any atom is 0.134 e. The van der Waals surface area contributed by atoms with E-state index >= 15 is 0 Å². The highest BCUT2D eigenvalue weighted by molar-refractivity contribution is 7.13. The van der Waals surface area contributed by atoms with Gasteiger partial charge in [0.2, 0.25) is 0 Å². The van der Waals surface area contributed by atoms with Crippen LogP contribution in [0.4, 0.5) is 4.39 Å². The van der Waals surface area contributed by atoms with E-state index in [1.54, 1.807) is 11.4 Å². The van der Waals surface area contributed by atoms with Gasteiger partial charge in [-0.1, -0.05) is 17.7 Å². The van der Waals surface area contributed by atoms with Crippen molar-refractivity contribution in [1.29, 1.82) is 0 Å². The number of hydrogen-bond donors (Lipinski definition) is 0. The number of carbonyl (C=O) groups is 1. The summed E-state index contributed by atoms with van der Waals surface area (Å²) in [5, 5.41) is 12.6. The number of carboxylic acid groups (broad SMARTS) is 1. The Morgan fingerprint density at radius 1 is 1.53 bits per heavy atom. The van der Waals surface area contributed by atoms with Gasteiger partial charge in [0.15, 0.2) is 0 Å². The molecule has 0 bridgehead atoms. The Bertz CT molecular complexity index is 550. The molecule has 0 radical (unpaired) electrons. The van der Waals surface area contributed by atoms with Crippen LogP contribution in [0, 0.1) is 5.82 Å². The fourth-order valence-corrected chi connectivity index (χ4v) is 2.54. The quantitative estimate of drug-likeness (QED) is 0.856. The van der Waals surface area contributed by atoms with E-state index in [4.69, 9.17) is 11.6 Å².